The molecule has 0 spiro atoms. The SMILES string of the molecule is CN(C)C(=O)[C@@H](N)[C@H](O)c1ccc(O)c(O)c1.CN[C@H](C(=O)N(C)C)[C@H](O)c1ccc(O)c(O)c1.CN[C@H](C(N)=O)C(=O)c1ccc(O)c(O)c1.COc1cc([C@@H](O)[C@H](NC(=O)OCc2ccccc2)C(=O)O)ccc1C.N[C@H](C(=O)O)[C@H](O)c1ccc(O)c(O)c1. The van der Waals surface area contributed by atoms with Crippen LogP contribution in [0, 0.1) is 6.92 Å². The summed E-state index contributed by atoms with van der Waals surface area (Å²) in [7, 11) is 10.7. The van der Waals surface area contributed by atoms with Gasteiger partial charge in [0.15, 0.2) is 63.9 Å². The molecule has 0 aliphatic carbocycles. The number of hydrogen-bond acceptors (Lipinski definition) is 25. The molecule has 0 radical (unpaired) electrons. The van der Waals surface area contributed by atoms with Crippen LogP contribution in [0.5, 0.6) is 51.7 Å². The van der Waals surface area contributed by atoms with E-state index in [0.717, 1.165) is 35.4 Å². The first-order valence-corrected chi connectivity index (χ1v) is 27.0. The first-order valence-electron chi connectivity index (χ1n) is 27.0. The summed E-state index contributed by atoms with van der Waals surface area (Å²) in [5, 5.41) is 138. The average molecular weight is 1290 g/mol. The van der Waals surface area contributed by atoms with Gasteiger partial charge in [0.2, 0.25) is 17.7 Å². The Kier molecular flexibility index (Phi) is 31.1. The summed E-state index contributed by atoms with van der Waals surface area (Å²) < 4.78 is 10.2. The van der Waals surface area contributed by atoms with Gasteiger partial charge in [-0.05, 0) is 115 Å². The number of hydrogen-bond donors (Lipinski definition) is 20. The van der Waals surface area contributed by atoms with Gasteiger partial charge in [-0.2, -0.15) is 0 Å². The van der Waals surface area contributed by atoms with Gasteiger partial charge in [0.05, 0.1) is 7.11 Å². The van der Waals surface area contributed by atoms with E-state index in [1.807, 2.05) is 13.0 Å². The minimum Gasteiger partial charge on any atom is -0.504 e. The van der Waals surface area contributed by atoms with E-state index in [9.17, 15) is 79.5 Å². The summed E-state index contributed by atoms with van der Waals surface area (Å²) in [5.74, 6) is -7.13. The van der Waals surface area contributed by atoms with Crippen molar-refractivity contribution in [2.24, 2.45) is 17.2 Å². The second kappa shape index (κ2) is 36.8. The predicted octanol–water partition coefficient (Wildman–Crippen LogP) is 0.668. The van der Waals surface area contributed by atoms with E-state index in [1.165, 1.54) is 92.6 Å². The standard InChI is InChI=1S/C19H21NO6.C12H18N2O4.C11H16N2O4.C10H12N2O4.C9H11NO5/c1-12-8-9-14(10-15(12)25-2)17(21)16(18(22)23)20-19(24)26-11-13-6-4-3-5-7-13;1-13-10(12(18)14(2)3)11(17)7-4-5-8(15)9(16)6-7;1-13(2)11(17)9(12)10(16)6-3-4-7(14)8(15)5-6;1-12-8(10(11)16)9(15)5-2-3-6(13)7(14)4-5;10-7(9(14)15)8(13)4-1-2-5(11)6(12)3-4/h3-10,16-17,21H,11H2,1-2H3,(H,20,24)(H,22,23);4-6,10-11,13,15-17H,1-3H3;3-5,9-10,14-16H,12H2,1-2H3;2-4,8,12-14H,1H3,(H2,11,16);1-3,7-8,11-13H,10H2,(H,14,15)/t16-,17+;10-,11+;9-,10+;8-;7-,8+/m00000/s1. The summed E-state index contributed by atoms with van der Waals surface area (Å²) in [5.41, 5.74) is 18.5. The van der Waals surface area contributed by atoms with Crippen LogP contribution in [0.3, 0.4) is 0 Å². The van der Waals surface area contributed by atoms with Crippen molar-refractivity contribution < 1.29 is 115 Å². The summed E-state index contributed by atoms with van der Waals surface area (Å²) in [6.07, 6.45) is -6.19. The van der Waals surface area contributed by atoms with Gasteiger partial charge < -0.3 is 124 Å². The number of benzene rings is 6. The number of rotatable bonds is 21. The van der Waals surface area contributed by atoms with Crippen molar-refractivity contribution in [3.63, 3.8) is 0 Å². The fourth-order valence-electron chi connectivity index (χ4n) is 7.67. The van der Waals surface area contributed by atoms with Gasteiger partial charge in [0, 0.05) is 33.8 Å². The van der Waals surface area contributed by atoms with Crippen LogP contribution in [-0.4, -0.2) is 202 Å². The highest BCUT2D eigenvalue weighted by atomic mass is 16.5. The molecule has 6 rings (SSSR count). The van der Waals surface area contributed by atoms with Crippen molar-refractivity contribution in [3.8, 4) is 51.7 Å². The number of aryl methyl sites for hydroxylation is 1. The monoisotopic (exact) mass is 1290 g/mol. The lowest BCUT2D eigenvalue weighted by Crippen LogP contribution is -2.45. The van der Waals surface area contributed by atoms with Crippen LogP contribution < -0.4 is 37.9 Å². The first-order chi connectivity index (χ1) is 43.0. The summed E-state index contributed by atoms with van der Waals surface area (Å²) in [4.78, 5) is 82.5. The molecule has 0 aromatic heterocycles. The third-order valence-electron chi connectivity index (χ3n) is 13.0. The van der Waals surface area contributed by atoms with Crippen molar-refractivity contribution in [1.29, 1.82) is 0 Å². The molecule has 0 aliphatic rings. The number of aliphatic carboxylic acids is 2. The van der Waals surface area contributed by atoms with Gasteiger partial charge in [-0.3, -0.25) is 24.0 Å². The zero-order chi connectivity index (χ0) is 70.0. The highest BCUT2D eigenvalue weighted by Gasteiger charge is 2.32. The minimum atomic E-state index is -1.56. The largest absolute Gasteiger partial charge is 0.504 e. The zero-order valence-corrected chi connectivity index (χ0v) is 51.0. The van der Waals surface area contributed by atoms with Crippen LogP contribution in [0.25, 0.3) is 0 Å². The number of phenols is 8. The van der Waals surface area contributed by atoms with E-state index in [-0.39, 0.29) is 63.7 Å². The highest BCUT2D eigenvalue weighted by molar-refractivity contribution is 6.13. The second-order valence-corrected chi connectivity index (χ2v) is 20.1. The normalized spacial score (nSPS) is 13.4. The third kappa shape index (κ3) is 23.1. The Hall–Kier alpha value is -10.5. The lowest BCUT2D eigenvalue weighted by molar-refractivity contribution is -0.143. The lowest BCUT2D eigenvalue weighted by atomic mass is 10.0. The number of carboxylic acids is 2. The summed E-state index contributed by atoms with van der Waals surface area (Å²) in [6, 6.07) is 22.4. The Morgan fingerprint density at radius 2 is 0.913 bits per heavy atom. The summed E-state index contributed by atoms with van der Waals surface area (Å²) >= 11 is 0. The molecule has 6 aromatic rings. The fraction of sp³-hybridized carbons (Fsp3) is 0.295. The zero-order valence-electron chi connectivity index (χ0n) is 51.0. The number of methoxy groups -OCH3 is 1. The van der Waals surface area contributed by atoms with E-state index in [2.05, 4.69) is 16.0 Å². The van der Waals surface area contributed by atoms with Crippen LogP contribution in [0.4, 0.5) is 4.79 Å². The number of nitrogens with zero attached hydrogens (tertiary/aromatic N) is 2. The molecule has 0 unspecified atom stereocenters. The van der Waals surface area contributed by atoms with Gasteiger partial charge in [-0.1, -0.05) is 60.7 Å². The maximum Gasteiger partial charge on any atom is 0.408 e. The molecule has 31 heteroatoms. The van der Waals surface area contributed by atoms with Crippen molar-refractivity contribution in [2.75, 3.05) is 49.4 Å². The van der Waals surface area contributed by atoms with E-state index < -0.39 is 102 Å². The van der Waals surface area contributed by atoms with Gasteiger partial charge in [0.25, 0.3) is 0 Å². The van der Waals surface area contributed by atoms with E-state index in [0.29, 0.717) is 16.9 Å². The number of amides is 4. The van der Waals surface area contributed by atoms with E-state index in [1.54, 1.807) is 57.5 Å². The number of ether oxygens (including phenoxy) is 2. The molecule has 6 aromatic carbocycles. The fourth-order valence-corrected chi connectivity index (χ4v) is 7.67. The molecule has 0 fully saturated rings. The topological polar surface area (TPSA) is 542 Å². The number of aliphatic hydroxyl groups excluding tert-OH is 4. The number of nitrogens with one attached hydrogen (secondary N) is 3. The highest BCUT2D eigenvalue weighted by Crippen LogP contribution is 2.32. The van der Waals surface area contributed by atoms with Crippen LogP contribution >= 0.6 is 0 Å². The first kappa shape index (κ1) is 77.6. The van der Waals surface area contributed by atoms with E-state index >= 15 is 0 Å². The molecule has 0 bridgehead atoms. The number of primary amides is 1. The Morgan fingerprint density at radius 1 is 0.500 bits per heavy atom. The number of carbonyl (C=O) groups excluding carboxylic acids is 5. The number of phenolic OH excluding ortho intramolecular Hbond substituents is 8. The van der Waals surface area contributed by atoms with Gasteiger partial charge >= 0.3 is 18.0 Å². The maximum absolute atomic E-state index is 11.9. The van der Waals surface area contributed by atoms with Crippen LogP contribution in [0.1, 0.15) is 68.2 Å². The molecule has 31 nitrogen and oxygen atoms in total. The van der Waals surface area contributed by atoms with E-state index in [4.69, 9.17) is 52.2 Å². The number of likely N-dealkylation sites (N-methyl/N-ethyl adjacent to an activating group) is 4. The van der Waals surface area contributed by atoms with Crippen LogP contribution in [0.2, 0.25) is 0 Å². The molecule has 9 atom stereocenters. The number of aromatic hydroxyl groups is 8. The van der Waals surface area contributed by atoms with Crippen molar-refractivity contribution in [1.82, 2.24) is 25.8 Å². The van der Waals surface area contributed by atoms with Gasteiger partial charge in [-0.15, -0.1) is 0 Å². The number of aliphatic hydroxyl groups is 4. The molecule has 92 heavy (non-hydrogen) atoms. The molecular formula is C61H78N8O23. The van der Waals surface area contributed by atoms with Crippen molar-refractivity contribution >= 4 is 41.5 Å². The Morgan fingerprint density at radius 3 is 1.30 bits per heavy atom. The van der Waals surface area contributed by atoms with Crippen molar-refractivity contribution in [2.45, 2.75) is 68.2 Å². The number of Topliss-reactive ketones (excluding diaryl/α,β-unsaturated/α-hetero) is 1. The molecular weight excluding hydrogens is 1210 g/mol. The molecule has 0 saturated heterocycles. The van der Waals surface area contributed by atoms with Gasteiger partial charge in [0.1, 0.15) is 54.9 Å². The lowest BCUT2D eigenvalue weighted by Gasteiger charge is -2.25. The molecule has 0 saturated carbocycles. The van der Waals surface area contributed by atoms with Crippen molar-refractivity contribution in [3.05, 3.63) is 160 Å². The molecule has 500 valence electrons. The smallest absolute Gasteiger partial charge is 0.408 e. The van der Waals surface area contributed by atoms with Crippen LogP contribution in [0.15, 0.2) is 121 Å². The number of nitrogens with two attached hydrogens (primary N) is 3. The Labute approximate surface area is 527 Å². The third-order valence-corrected chi connectivity index (χ3v) is 13.0. The summed E-state index contributed by atoms with van der Waals surface area (Å²) in [6.45, 7) is 1.82. The predicted molar refractivity (Wildman–Crippen MR) is 328 cm³/mol. The van der Waals surface area contributed by atoms with Gasteiger partial charge in [-0.25, -0.2) is 9.59 Å². The number of ketones is 1. The number of carboxylic acid groups (broad SMARTS) is 2. The number of carbonyl (C=O) groups is 7. The van der Waals surface area contributed by atoms with Crippen LogP contribution in [-0.2, 0) is 35.3 Å². The molecule has 0 heterocycles. The Balaban J connectivity index is 0.000000398. The minimum absolute atomic E-state index is 0.00649. The average Bonchev–Trinajstić information content (AvgIpc) is 1.21. The molecule has 23 N–H and O–H groups in total. The maximum atomic E-state index is 11.9. The second-order valence-electron chi connectivity index (χ2n) is 20.1. The molecule has 4 amide bonds. The Bertz CT molecular complexity index is 3450. The molecule has 0 aliphatic heterocycles. The quantitative estimate of drug-likeness (QED) is 0.0267. The number of alkyl carbamates (subject to hydrolysis) is 1.